The molecule has 1 aliphatic carbocycles. The van der Waals surface area contributed by atoms with E-state index in [9.17, 15) is 8.42 Å². The van der Waals surface area contributed by atoms with Crippen LogP contribution in [0.4, 0.5) is 5.82 Å². The van der Waals surface area contributed by atoms with Gasteiger partial charge >= 0.3 is 0 Å². The molecule has 0 radical (unpaired) electrons. The van der Waals surface area contributed by atoms with Gasteiger partial charge in [-0.1, -0.05) is 29.0 Å². The Kier molecular flexibility index (Phi) is 4.92. The van der Waals surface area contributed by atoms with Crippen LogP contribution >= 0.6 is 11.3 Å². The number of nitrogens with zero attached hydrogens (tertiary/aromatic N) is 3. The van der Waals surface area contributed by atoms with Crippen molar-refractivity contribution in [2.24, 2.45) is 0 Å². The Morgan fingerprint density at radius 3 is 2.58 bits per heavy atom. The van der Waals surface area contributed by atoms with E-state index in [0.29, 0.717) is 24.4 Å². The van der Waals surface area contributed by atoms with Crippen LogP contribution in [0.2, 0.25) is 0 Å². The van der Waals surface area contributed by atoms with E-state index < -0.39 is 10.1 Å². The summed E-state index contributed by atoms with van der Waals surface area (Å²) in [5.74, 6) is 1.15. The van der Waals surface area contributed by atoms with Crippen molar-refractivity contribution in [3.63, 3.8) is 0 Å². The maximum Gasteiger partial charge on any atom is 0.297 e. The fourth-order valence-electron chi connectivity index (χ4n) is 3.33. The van der Waals surface area contributed by atoms with Crippen LogP contribution in [0.25, 0.3) is 15.3 Å². The first-order valence-corrected chi connectivity index (χ1v) is 12.0. The zero-order valence-electron chi connectivity index (χ0n) is 16.6. The number of nitrogen functional groups attached to an aromatic ring is 1. The molecular formula is C21H20N4O4S2. The molecule has 1 saturated carbocycles. The van der Waals surface area contributed by atoms with E-state index in [1.54, 1.807) is 41.2 Å². The standard InChI is InChI=1S/C21H20N4O4S2/c1-13-2-5-17(6-3-13)31(26,27)29-16-10-15(11-16)28-14-4-7-18-19(12-14)30-21(23-18)25-9-8-20(22)24-25/h2-9,12,15-16H,10-11H2,1H3,(H2,22,24). The minimum atomic E-state index is -3.76. The number of fused-ring (bicyclic) bond motifs is 1. The molecule has 8 nitrogen and oxygen atoms in total. The van der Waals surface area contributed by atoms with Crippen molar-refractivity contribution in [2.45, 2.75) is 36.9 Å². The van der Waals surface area contributed by atoms with E-state index in [2.05, 4.69) is 10.1 Å². The number of rotatable bonds is 6. The molecule has 0 aliphatic heterocycles. The van der Waals surface area contributed by atoms with Gasteiger partial charge in [-0.15, -0.1) is 5.10 Å². The maximum atomic E-state index is 12.4. The van der Waals surface area contributed by atoms with Crippen LogP contribution in [0.5, 0.6) is 5.75 Å². The van der Waals surface area contributed by atoms with Gasteiger partial charge in [0.15, 0.2) is 0 Å². The third-order valence-corrected chi connectivity index (χ3v) is 7.46. The van der Waals surface area contributed by atoms with E-state index >= 15 is 0 Å². The first-order chi connectivity index (χ1) is 14.9. The second-order valence-electron chi connectivity index (χ2n) is 7.51. The third-order valence-electron chi connectivity index (χ3n) is 5.08. The summed E-state index contributed by atoms with van der Waals surface area (Å²) in [6.07, 6.45) is 2.34. The molecule has 0 atom stereocenters. The number of aryl methyl sites for hydroxylation is 1. The van der Waals surface area contributed by atoms with Crippen LogP contribution in [0.3, 0.4) is 0 Å². The summed E-state index contributed by atoms with van der Waals surface area (Å²) in [5, 5.41) is 4.91. The van der Waals surface area contributed by atoms with Gasteiger partial charge in [0.2, 0.25) is 5.13 Å². The molecule has 0 unspecified atom stereocenters. The SMILES string of the molecule is Cc1ccc(S(=O)(=O)OC2CC(Oc3ccc4nc(-n5ccc(N)n5)sc4c3)C2)cc1. The molecule has 10 heteroatoms. The van der Waals surface area contributed by atoms with Gasteiger partial charge in [-0.2, -0.15) is 8.42 Å². The molecule has 160 valence electrons. The van der Waals surface area contributed by atoms with Crippen molar-refractivity contribution in [2.75, 3.05) is 5.73 Å². The molecule has 1 fully saturated rings. The molecule has 31 heavy (non-hydrogen) atoms. The van der Waals surface area contributed by atoms with Gasteiger partial charge in [0.25, 0.3) is 10.1 Å². The van der Waals surface area contributed by atoms with Crippen LogP contribution in [0.1, 0.15) is 18.4 Å². The lowest BCUT2D eigenvalue weighted by atomic mass is 9.92. The zero-order chi connectivity index (χ0) is 21.6. The quantitative estimate of drug-likeness (QED) is 0.441. The van der Waals surface area contributed by atoms with Crippen LogP contribution in [-0.2, 0) is 14.3 Å². The first kappa shape index (κ1) is 20.0. The lowest BCUT2D eigenvalue weighted by molar-refractivity contribution is 0.00841. The Balaban J connectivity index is 1.21. The fourth-order valence-corrected chi connectivity index (χ4v) is 5.36. The Labute approximate surface area is 183 Å². The number of aromatic nitrogens is 3. The number of thiazole rings is 1. The number of ether oxygens (including phenoxy) is 1. The molecule has 0 bridgehead atoms. The summed E-state index contributed by atoms with van der Waals surface area (Å²) < 4.78 is 38.8. The molecule has 0 spiro atoms. The molecular weight excluding hydrogens is 436 g/mol. The summed E-state index contributed by atoms with van der Waals surface area (Å²) in [4.78, 5) is 4.73. The smallest absolute Gasteiger partial charge is 0.297 e. The molecule has 5 rings (SSSR count). The summed E-state index contributed by atoms with van der Waals surface area (Å²) in [6, 6.07) is 14.0. The highest BCUT2D eigenvalue weighted by Crippen LogP contribution is 2.33. The summed E-state index contributed by atoms with van der Waals surface area (Å²) >= 11 is 1.49. The Bertz CT molecular complexity index is 1340. The third kappa shape index (κ3) is 4.14. The predicted octanol–water partition coefficient (Wildman–Crippen LogP) is 3.69. The number of nitrogens with two attached hydrogens (primary N) is 1. The van der Waals surface area contributed by atoms with Crippen LogP contribution < -0.4 is 10.5 Å². The fraction of sp³-hybridized carbons (Fsp3) is 0.238. The normalized spacial score (nSPS) is 18.7. The van der Waals surface area contributed by atoms with E-state index in [4.69, 9.17) is 14.7 Å². The van der Waals surface area contributed by atoms with Crippen LogP contribution in [-0.4, -0.2) is 35.4 Å². The van der Waals surface area contributed by atoms with Gasteiger partial charge in [0.1, 0.15) is 17.7 Å². The largest absolute Gasteiger partial charge is 0.490 e. The number of hydrogen-bond acceptors (Lipinski definition) is 8. The second kappa shape index (κ2) is 7.63. The van der Waals surface area contributed by atoms with Gasteiger partial charge in [0, 0.05) is 25.1 Å². The Hall–Kier alpha value is -2.95. The number of hydrogen-bond donors (Lipinski definition) is 1. The maximum absolute atomic E-state index is 12.4. The van der Waals surface area contributed by atoms with Gasteiger partial charge < -0.3 is 10.5 Å². The highest BCUT2D eigenvalue weighted by Gasteiger charge is 2.36. The molecule has 2 N–H and O–H groups in total. The van der Waals surface area contributed by atoms with Gasteiger partial charge in [-0.3, -0.25) is 4.18 Å². The molecule has 2 aromatic heterocycles. The Morgan fingerprint density at radius 1 is 1.10 bits per heavy atom. The topological polar surface area (TPSA) is 109 Å². The summed E-state index contributed by atoms with van der Waals surface area (Å²) in [7, 11) is -3.76. The van der Waals surface area contributed by atoms with Gasteiger partial charge in [-0.25, -0.2) is 9.67 Å². The minimum absolute atomic E-state index is 0.0889. The Morgan fingerprint density at radius 2 is 1.87 bits per heavy atom. The highest BCUT2D eigenvalue weighted by molar-refractivity contribution is 7.86. The van der Waals surface area contributed by atoms with E-state index in [-0.39, 0.29) is 17.1 Å². The number of anilines is 1. The predicted molar refractivity (Wildman–Crippen MR) is 118 cm³/mol. The van der Waals surface area contributed by atoms with E-state index in [1.807, 2.05) is 25.1 Å². The molecule has 1 aliphatic rings. The molecule has 4 aromatic rings. The summed E-state index contributed by atoms with van der Waals surface area (Å²) in [6.45, 7) is 1.91. The lowest BCUT2D eigenvalue weighted by Crippen LogP contribution is -2.40. The zero-order valence-corrected chi connectivity index (χ0v) is 18.3. The highest BCUT2D eigenvalue weighted by atomic mass is 32.2. The summed E-state index contributed by atoms with van der Waals surface area (Å²) in [5.41, 5.74) is 7.52. The first-order valence-electron chi connectivity index (χ1n) is 9.74. The van der Waals surface area contributed by atoms with Crippen molar-refractivity contribution in [1.29, 1.82) is 0 Å². The molecule has 0 amide bonds. The van der Waals surface area contributed by atoms with Crippen molar-refractivity contribution in [3.05, 3.63) is 60.3 Å². The van der Waals surface area contributed by atoms with E-state index in [0.717, 1.165) is 20.9 Å². The minimum Gasteiger partial charge on any atom is -0.490 e. The molecule has 2 aromatic carbocycles. The van der Waals surface area contributed by atoms with Crippen molar-refractivity contribution in [3.8, 4) is 10.9 Å². The lowest BCUT2D eigenvalue weighted by Gasteiger charge is -2.34. The van der Waals surface area contributed by atoms with Crippen LogP contribution in [0, 0.1) is 6.92 Å². The molecule has 0 saturated heterocycles. The second-order valence-corrected chi connectivity index (χ2v) is 10.1. The van der Waals surface area contributed by atoms with Crippen LogP contribution in [0.15, 0.2) is 59.6 Å². The van der Waals surface area contributed by atoms with Crippen molar-refractivity contribution >= 4 is 37.5 Å². The average molecular weight is 457 g/mol. The van der Waals surface area contributed by atoms with E-state index in [1.165, 1.54) is 11.3 Å². The van der Waals surface area contributed by atoms with Crippen molar-refractivity contribution in [1.82, 2.24) is 14.8 Å². The van der Waals surface area contributed by atoms with Crippen molar-refractivity contribution < 1.29 is 17.3 Å². The van der Waals surface area contributed by atoms with Gasteiger partial charge in [0.05, 0.1) is 21.2 Å². The van der Waals surface area contributed by atoms with Gasteiger partial charge in [-0.05, 0) is 37.3 Å². The molecule has 2 heterocycles. The monoisotopic (exact) mass is 456 g/mol. The average Bonchev–Trinajstić information content (AvgIpc) is 3.32. The number of benzene rings is 2.